The van der Waals surface area contributed by atoms with Crippen LogP contribution in [0.25, 0.3) is 10.9 Å². The van der Waals surface area contributed by atoms with E-state index in [0.29, 0.717) is 11.3 Å². The molecule has 0 radical (unpaired) electrons. The zero-order valence-electron chi connectivity index (χ0n) is 11.0. The van der Waals surface area contributed by atoms with Gasteiger partial charge in [-0.25, -0.2) is 4.98 Å². The topological polar surface area (TPSA) is 50.2 Å². The van der Waals surface area contributed by atoms with Crippen LogP contribution in [0.4, 0.5) is 5.95 Å². The largest absolute Gasteiger partial charge is 0.354 e. The molecule has 0 aliphatic rings. The maximum absolute atomic E-state index is 12.1. The number of rotatable bonds is 4. The Kier molecular flexibility index (Phi) is 3.62. The van der Waals surface area contributed by atoms with Crippen LogP contribution in [0.3, 0.4) is 0 Å². The number of nitrogens with one attached hydrogen (secondary N) is 1. The van der Waals surface area contributed by atoms with Gasteiger partial charge in [0.2, 0.25) is 5.95 Å². The Labute approximate surface area is 106 Å². The van der Waals surface area contributed by atoms with E-state index < -0.39 is 0 Å². The predicted octanol–water partition coefficient (Wildman–Crippen LogP) is 0.907. The van der Waals surface area contributed by atoms with Gasteiger partial charge in [0, 0.05) is 20.1 Å². The first-order valence-electron chi connectivity index (χ1n) is 5.94. The molecular formula is C13H18N4O. The van der Waals surface area contributed by atoms with Crippen LogP contribution in [0.2, 0.25) is 0 Å². The number of hydrogen-bond donors (Lipinski definition) is 1. The summed E-state index contributed by atoms with van der Waals surface area (Å²) in [6, 6.07) is 7.39. The van der Waals surface area contributed by atoms with Crippen LogP contribution in [-0.4, -0.2) is 41.6 Å². The summed E-state index contributed by atoms with van der Waals surface area (Å²) in [7, 11) is 5.75. The highest BCUT2D eigenvalue weighted by Crippen LogP contribution is 2.09. The van der Waals surface area contributed by atoms with Crippen LogP contribution < -0.4 is 10.9 Å². The third-order valence-electron chi connectivity index (χ3n) is 2.83. The molecule has 0 bridgehead atoms. The molecule has 96 valence electrons. The summed E-state index contributed by atoms with van der Waals surface area (Å²) >= 11 is 0. The molecular weight excluding hydrogens is 228 g/mol. The van der Waals surface area contributed by atoms with Crippen molar-refractivity contribution in [2.45, 2.75) is 0 Å². The van der Waals surface area contributed by atoms with Gasteiger partial charge in [-0.1, -0.05) is 12.1 Å². The molecule has 1 heterocycles. The summed E-state index contributed by atoms with van der Waals surface area (Å²) in [6.45, 7) is 1.65. The molecule has 0 amide bonds. The van der Waals surface area contributed by atoms with Gasteiger partial charge in [0.1, 0.15) is 0 Å². The molecule has 2 rings (SSSR count). The Balaban J connectivity index is 2.34. The monoisotopic (exact) mass is 246 g/mol. The van der Waals surface area contributed by atoms with Gasteiger partial charge in [-0.15, -0.1) is 0 Å². The average molecular weight is 246 g/mol. The van der Waals surface area contributed by atoms with Crippen molar-refractivity contribution in [3.8, 4) is 0 Å². The molecule has 0 aliphatic carbocycles. The summed E-state index contributed by atoms with van der Waals surface area (Å²) in [4.78, 5) is 18.7. The van der Waals surface area contributed by atoms with E-state index >= 15 is 0 Å². The van der Waals surface area contributed by atoms with Gasteiger partial charge in [0.25, 0.3) is 5.56 Å². The first kappa shape index (κ1) is 12.6. The number of benzene rings is 1. The first-order chi connectivity index (χ1) is 8.59. The molecule has 0 unspecified atom stereocenters. The Bertz CT molecular complexity index is 603. The highest BCUT2D eigenvalue weighted by Gasteiger charge is 2.06. The SMILES string of the molecule is CN(C)CCNc1nc2ccccc2c(=O)n1C. The number of anilines is 1. The smallest absolute Gasteiger partial charge is 0.262 e. The lowest BCUT2D eigenvalue weighted by molar-refractivity contribution is 0.424. The lowest BCUT2D eigenvalue weighted by Crippen LogP contribution is -2.26. The van der Waals surface area contributed by atoms with Gasteiger partial charge in [0.05, 0.1) is 10.9 Å². The molecule has 0 saturated carbocycles. The molecule has 0 spiro atoms. The standard InChI is InChI=1S/C13H18N4O/c1-16(2)9-8-14-13-15-11-7-5-4-6-10(11)12(18)17(13)3/h4-7H,8-9H2,1-3H3,(H,14,15). The van der Waals surface area contributed by atoms with Crippen LogP contribution in [0.5, 0.6) is 0 Å². The van der Waals surface area contributed by atoms with E-state index in [2.05, 4.69) is 15.2 Å². The molecule has 0 atom stereocenters. The summed E-state index contributed by atoms with van der Waals surface area (Å²) in [5, 5.41) is 3.84. The van der Waals surface area contributed by atoms with E-state index in [1.165, 1.54) is 0 Å². The molecule has 5 heteroatoms. The third-order valence-corrected chi connectivity index (χ3v) is 2.83. The average Bonchev–Trinajstić information content (AvgIpc) is 2.35. The fraction of sp³-hybridized carbons (Fsp3) is 0.385. The molecule has 2 aromatic rings. The quantitative estimate of drug-likeness (QED) is 0.871. The highest BCUT2D eigenvalue weighted by molar-refractivity contribution is 5.78. The molecule has 18 heavy (non-hydrogen) atoms. The minimum atomic E-state index is -0.0204. The number of hydrogen-bond acceptors (Lipinski definition) is 4. The zero-order valence-corrected chi connectivity index (χ0v) is 11.0. The zero-order chi connectivity index (χ0) is 13.1. The van der Waals surface area contributed by atoms with Crippen LogP contribution in [-0.2, 0) is 7.05 Å². The predicted molar refractivity (Wildman–Crippen MR) is 74.0 cm³/mol. The van der Waals surface area contributed by atoms with Crippen molar-refractivity contribution < 1.29 is 0 Å². The van der Waals surface area contributed by atoms with Gasteiger partial charge in [-0.05, 0) is 26.2 Å². The summed E-state index contributed by atoms with van der Waals surface area (Å²) in [6.07, 6.45) is 0. The summed E-state index contributed by atoms with van der Waals surface area (Å²) in [5.41, 5.74) is 0.709. The van der Waals surface area contributed by atoms with Gasteiger partial charge >= 0.3 is 0 Å². The third kappa shape index (κ3) is 2.51. The molecule has 5 nitrogen and oxygen atoms in total. The number of fused-ring (bicyclic) bond motifs is 1. The maximum atomic E-state index is 12.1. The fourth-order valence-electron chi connectivity index (χ4n) is 1.77. The maximum Gasteiger partial charge on any atom is 0.262 e. The van der Waals surface area contributed by atoms with Crippen molar-refractivity contribution in [1.82, 2.24) is 14.5 Å². The van der Waals surface area contributed by atoms with E-state index in [4.69, 9.17) is 0 Å². The van der Waals surface area contributed by atoms with Crippen molar-refractivity contribution in [1.29, 1.82) is 0 Å². The second-order valence-corrected chi connectivity index (χ2v) is 4.55. The Morgan fingerprint density at radius 2 is 2.06 bits per heavy atom. The molecule has 0 fully saturated rings. The van der Waals surface area contributed by atoms with E-state index in [0.717, 1.165) is 18.6 Å². The number of para-hydroxylation sites is 1. The van der Waals surface area contributed by atoms with Crippen molar-refractivity contribution in [3.63, 3.8) is 0 Å². The van der Waals surface area contributed by atoms with Gasteiger partial charge < -0.3 is 10.2 Å². The van der Waals surface area contributed by atoms with Crippen LogP contribution in [0.1, 0.15) is 0 Å². The van der Waals surface area contributed by atoms with Crippen molar-refractivity contribution in [3.05, 3.63) is 34.6 Å². The second-order valence-electron chi connectivity index (χ2n) is 4.55. The van der Waals surface area contributed by atoms with Gasteiger partial charge in [-0.3, -0.25) is 9.36 Å². The summed E-state index contributed by atoms with van der Waals surface area (Å²) < 4.78 is 1.55. The molecule has 1 aromatic heterocycles. The number of likely N-dealkylation sites (N-methyl/N-ethyl adjacent to an activating group) is 1. The molecule has 1 N–H and O–H groups in total. The van der Waals surface area contributed by atoms with Crippen LogP contribution >= 0.6 is 0 Å². The second kappa shape index (κ2) is 5.18. The van der Waals surface area contributed by atoms with E-state index in [1.54, 1.807) is 17.7 Å². The van der Waals surface area contributed by atoms with E-state index in [1.807, 2.05) is 32.3 Å². The minimum Gasteiger partial charge on any atom is -0.354 e. The van der Waals surface area contributed by atoms with Gasteiger partial charge in [-0.2, -0.15) is 0 Å². The van der Waals surface area contributed by atoms with Crippen LogP contribution in [0.15, 0.2) is 29.1 Å². The van der Waals surface area contributed by atoms with Crippen LogP contribution in [0, 0.1) is 0 Å². The highest BCUT2D eigenvalue weighted by atomic mass is 16.1. The molecule has 1 aromatic carbocycles. The lowest BCUT2D eigenvalue weighted by atomic mass is 10.2. The molecule has 0 saturated heterocycles. The van der Waals surface area contributed by atoms with E-state index in [9.17, 15) is 4.79 Å². The lowest BCUT2D eigenvalue weighted by Gasteiger charge is -2.13. The Morgan fingerprint density at radius 3 is 2.78 bits per heavy atom. The van der Waals surface area contributed by atoms with Crippen molar-refractivity contribution in [2.75, 3.05) is 32.5 Å². The summed E-state index contributed by atoms with van der Waals surface area (Å²) in [5.74, 6) is 0.612. The number of aromatic nitrogens is 2. The van der Waals surface area contributed by atoms with Crippen molar-refractivity contribution >= 4 is 16.9 Å². The fourth-order valence-corrected chi connectivity index (χ4v) is 1.77. The van der Waals surface area contributed by atoms with Gasteiger partial charge in [0.15, 0.2) is 0 Å². The minimum absolute atomic E-state index is 0.0204. The van der Waals surface area contributed by atoms with Crippen molar-refractivity contribution in [2.24, 2.45) is 7.05 Å². The first-order valence-corrected chi connectivity index (χ1v) is 5.94. The van der Waals surface area contributed by atoms with E-state index in [-0.39, 0.29) is 5.56 Å². The number of nitrogens with zero attached hydrogens (tertiary/aromatic N) is 3. The normalized spacial score (nSPS) is 11.1. The Morgan fingerprint density at radius 1 is 1.33 bits per heavy atom. The molecule has 0 aliphatic heterocycles. The Hall–Kier alpha value is -1.88.